The summed E-state index contributed by atoms with van der Waals surface area (Å²) < 4.78 is 6.37. The lowest BCUT2D eigenvalue weighted by atomic mass is 9.98. The van der Waals surface area contributed by atoms with Crippen molar-refractivity contribution in [2.75, 3.05) is 0 Å². The second-order valence-corrected chi connectivity index (χ2v) is 12.2. The van der Waals surface area contributed by atoms with Crippen molar-refractivity contribution in [3.05, 3.63) is 29.8 Å². The van der Waals surface area contributed by atoms with Crippen molar-refractivity contribution in [1.29, 1.82) is 0 Å². The van der Waals surface area contributed by atoms with E-state index in [0.717, 1.165) is 5.75 Å². The van der Waals surface area contributed by atoms with Crippen molar-refractivity contribution in [1.82, 2.24) is 0 Å². The van der Waals surface area contributed by atoms with Crippen LogP contribution in [0.4, 0.5) is 0 Å². The predicted molar refractivity (Wildman–Crippen MR) is 80.9 cm³/mol. The number of rotatable bonds is 3. The van der Waals surface area contributed by atoms with Gasteiger partial charge < -0.3 is 4.43 Å². The molecule has 1 aliphatic rings. The average Bonchev–Trinajstić information content (AvgIpc) is 2.96. The van der Waals surface area contributed by atoms with E-state index in [0.29, 0.717) is 5.41 Å². The second kappa shape index (κ2) is 4.12. The first kappa shape index (κ1) is 13.7. The van der Waals surface area contributed by atoms with Crippen LogP contribution in [0.3, 0.4) is 0 Å². The average molecular weight is 262 g/mol. The molecule has 1 aromatic carbocycles. The van der Waals surface area contributed by atoms with Gasteiger partial charge in [-0.05, 0) is 54.1 Å². The highest BCUT2D eigenvalue weighted by Gasteiger charge is 2.41. The SMILES string of the molecule is CC1(c2cccc(O[Si](C)(C)C(C)(C)C)c2)CC1. The number of benzene rings is 1. The molecule has 0 unspecified atom stereocenters. The fraction of sp³-hybridized carbons (Fsp3) is 0.625. The third kappa shape index (κ3) is 2.63. The first-order valence-electron chi connectivity index (χ1n) is 6.94. The highest BCUT2D eigenvalue weighted by atomic mass is 28.4. The number of hydrogen-bond acceptors (Lipinski definition) is 1. The molecule has 0 saturated heterocycles. The number of hydrogen-bond donors (Lipinski definition) is 0. The smallest absolute Gasteiger partial charge is 0.250 e. The molecule has 1 fully saturated rings. The van der Waals surface area contributed by atoms with Gasteiger partial charge in [0.25, 0.3) is 0 Å². The fourth-order valence-electron chi connectivity index (χ4n) is 1.86. The molecule has 1 aliphatic carbocycles. The molecule has 2 rings (SSSR count). The molecule has 0 N–H and O–H groups in total. The summed E-state index contributed by atoms with van der Waals surface area (Å²) >= 11 is 0. The van der Waals surface area contributed by atoms with Crippen LogP contribution in [0.25, 0.3) is 0 Å². The Labute approximate surface area is 113 Å². The molecule has 0 atom stereocenters. The Morgan fingerprint density at radius 3 is 2.28 bits per heavy atom. The Bertz CT molecular complexity index is 439. The summed E-state index contributed by atoms with van der Waals surface area (Å²) in [6.45, 7) is 13.8. The van der Waals surface area contributed by atoms with Crippen molar-refractivity contribution in [2.24, 2.45) is 0 Å². The molecule has 0 spiro atoms. The minimum Gasteiger partial charge on any atom is -0.543 e. The minimum absolute atomic E-state index is 0.256. The van der Waals surface area contributed by atoms with Crippen LogP contribution >= 0.6 is 0 Å². The third-order valence-corrected chi connectivity index (χ3v) is 9.07. The van der Waals surface area contributed by atoms with Crippen molar-refractivity contribution in [2.45, 2.75) is 64.1 Å². The van der Waals surface area contributed by atoms with E-state index in [-0.39, 0.29) is 5.04 Å². The van der Waals surface area contributed by atoms with E-state index in [1.165, 1.54) is 18.4 Å². The zero-order valence-electron chi connectivity index (χ0n) is 12.6. The molecule has 1 nitrogen and oxygen atoms in total. The maximum absolute atomic E-state index is 6.37. The van der Waals surface area contributed by atoms with Gasteiger partial charge in [-0.25, -0.2) is 0 Å². The highest BCUT2D eigenvalue weighted by molar-refractivity contribution is 6.74. The molecule has 1 saturated carbocycles. The standard InChI is InChI=1S/C16H26OSi/c1-15(2,3)18(5,6)17-14-9-7-8-13(12-14)16(4)10-11-16/h7-9,12H,10-11H2,1-6H3. The minimum atomic E-state index is -1.71. The predicted octanol–water partition coefficient (Wildman–Crippen LogP) is 5.12. The Morgan fingerprint density at radius 2 is 1.78 bits per heavy atom. The summed E-state index contributed by atoms with van der Waals surface area (Å²) in [5.74, 6) is 1.06. The monoisotopic (exact) mass is 262 g/mol. The summed E-state index contributed by atoms with van der Waals surface area (Å²) in [5, 5.41) is 0.256. The first-order chi connectivity index (χ1) is 8.14. The van der Waals surface area contributed by atoms with Crippen LogP contribution < -0.4 is 4.43 Å². The van der Waals surface area contributed by atoms with E-state index >= 15 is 0 Å². The van der Waals surface area contributed by atoms with Gasteiger partial charge in [0.05, 0.1) is 0 Å². The highest BCUT2D eigenvalue weighted by Crippen LogP contribution is 2.48. The maximum atomic E-state index is 6.37. The van der Waals surface area contributed by atoms with Crippen molar-refractivity contribution < 1.29 is 4.43 Å². The van der Waals surface area contributed by atoms with Crippen molar-refractivity contribution in [3.8, 4) is 5.75 Å². The summed E-state index contributed by atoms with van der Waals surface area (Å²) in [4.78, 5) is 0. The Morgan fingerprint density at radius 1 is 1.17 bits per heavy atom. The maximum Gasteiger partial charge on any atom is 0.250 e. The van der Waals surface area contributed by atoms with E-state index < -0.39 is 8.32 Å². The lowest BCUT2D eigenvalue weighted by Crippen LogP contribution is -2.43. The Hall–Kier alpha value is -0.763. The summed E-state index contributed by atoms with van der Waals surface area (Å²) in [6, 6.07) is 8.75. The van der Waals surface area contributed by atoms with Gasteiger partial charge in [0.2, 0.25) is 8.32 Å². The normalized spacial score (nSPS) is 18.6. The lowest BCUT2D eigenvalue weighted by molar-refractivity contribution is 0.491. The second-order valence-electron chi connectivity index (χ2n) is 7.45. The van der Waals surface area contributed by atoms with Crippen LogP contribution in [0.2, 0.25) is 18.1 Å². The first-order valence-corrected chi connectivity index (χ1v) is 9.84. The molecule has 0 aromatic heterocycles. The summed E-state index contributed by atoms with van der Waals surface area (Å²) in [5.41, 5.74) is 1.87. The molecular formula is C16H26OSi. The molecule has 0 radical (unpaired) electrons. The zero-order chi connectivity index (χ0) is 13.6. The van der Waals surface area contributed by atoms with E-state index in [9.17, 15) is 0 Å². The Balaban J connectivity index is 2.20. The molecule has 1 aromatic rings. The van der Waals surface area contributed by atoms with Gasteiger partial charge in [-0.15, -0.1) is 0 Å². The van der Waals surface area contributed by atoms with Gasteiger partial charge in [0, 0.05) is 0 Å². The molecule has 18 heavy (non-hydrogen) atoms. The molecule has 0 heterocycles. The van der Waals surface area contributed by atoms with Gasteiger partial charge in [-0.1, -0.05) is 39.8 Å². The molecular weight excluding hydrogens is 236 g/mol. The van der Waals surface area contributed by atoms with Crippen LogP contribution in [0, 0.1) is 0 Å². The molecule has 0 aliphatic heterocycles. The van der Waals surface area contributed by atoms with Crippen molar-refractivity contribution >= 4 is 8.32 Å². The van der Waals surface area contributed by atoms with Crippen LogP contribution in [0.15, 0.2) is 24.3 Å². The van der Waals surface area contributed by atoms with E-state index in [2.05, 4.69) is 65.1 Å². The zero-order valence-corrected chi connectivity index (χ0v) is 13.6. The van der Waals surface area contributed by atoms with E-state index in [4.69, 9.17) is 4.43 Å². The fourth-order valence-corrected chi connectivity index (χ4v) is 2.88. The third-order valence-electron chi connectivity index (χ3n) is 4.71. The van der Waals surface area contributed by atoms with E-state index in [1.54, 1.807) is 0 Å². The van der Waals surface area contributed by atoms with E-state index in [1.807, 2.05) is 0 Å². The molecule has 2 heteroatoms. The van der Waals surface area contributed by atoms with Gasteiger partial charge in [-0.3, -0.25) is 0 Å². The van der Waals surface area contributed by atoms with Crippen LogP contribution in [-0.2, 0) is 5.41 Å². The van der Waals surface area contributed by atoms with Crippen LogP contribution in [-0.4, -0.2) is 8.32 Å². The largest absolute Gasteiger partial charge is 0.543 e. The van der Waals surface area contributed by atoms with Gasteiger partial charge >= 0.3 is 0 Å². The lowest BCUT2D eigenvalue weighted by Gasteiger charge is -2.36. The molecule has 100 valence electrons. The summed E-state index contributed by atoms with van der Waals surface area (Å²) in [6.07, 6.45) is 2.63. The quantitative estimate of drug-likeness (QED) is 0.687. The summed E-state index contributed by atoms with van der Waals surface area (Å²) in [7, 11) is -1.71. The van der Waals surface area contributed by atoms with Gasteiger partial charge in [0.15, 0.2) is 0 Å². The van der Waals surface area contributed by atoms with Crippen LogP contribution in [0.1, 0.15) is 46.1 Å². The Kier molecular flexibility index (Phi) is 3.13. The van der Waals surface area contributed by atoms with Crippen LogP contribution in [0.5, 0.6) is 5.75 Å². The molecule has 0 amide bonds. The topological polar surface area (TPSA) is 9.23 Å². The van der Waals surface area contributed by atoms with Crippen molar-refractivity contribution in [3.63, 3.8) is 0 Å². The van der Waals surface area contributed by atoms with Gasteiger partial charge in [-0.2, -0.15) is 0 Å². The van der Waals surface area contributed by atoms with Gasteiger partial charge in [0.1, 0.15) is 5.75 Å². The molecule has 0 bridgehead atoms.